The van der Waals surface area contributed by atoms with Crippen LogP contribution in [0.5, 0.6) is 0 Å². The minimum atomic E-state index is -1.37. The molecular weight excluding hydrogens is 542 g/mol. The molecule has 5 aliphatic carbocycles. The van der Waals surface area contributed by atoms with Gasteiger partial charge in [0.25, 0.3) is 0 Å². The number of carbonyl (C=O) groups is 2. The molecule has 0 bridgehead atoms. The van der Waals surface area contributed by atoms with Gasteiger partial charge in [-0.1, -0.05) is 53.2 Å². The number of benzene rings is 1. The molecule has 5 heteroatoms. The van der Waals surface area contributed by atoms with Crippen LogP contribution in [0, 0.1) is 68.3 Å². The molecule has 0 radical (unpaired) electrons. The first-order chi connectivity index (χ1) is 20.1. The number of allylic oxidation sites excluding steroid dienone is 3. The van der Waals surface area contributed by atoms with E-state index in [9.17, 15) is 18.4 Å². The van der Waals surface area contributed by atoms with Gasteiger partial charge in [0, 0.05) is 11.6 Å². The van der Waals surface area contributed by atoms with Crippen LogP contribution in [-0.2, 0) is 14.3 Å². The van der Waals surface area contributed by atoms with Crippen LogP contribution < -0.4 is 0 Å². The van der Waals surface area contributed by atoms with Gasteiger partial charge in [0.1, 0.15) is 17.0 Å². The molecule has 1 aromatic carbocycles. The van der Waals surface area contributed by atoms with Gasteiger partial charge >= 0.3 is 5.97 Å². The summed E-state index contributed by atoms with van der Waals surface area (Å²) in [7, 11) is 1.35. The lowest BCUT2D eigenvalue weighted by molar-refractivity contribution is -0.192. The van der Waals surface area contributed by atoms with Gasteiger partial charge in [-0.15, -0.1) is 0 Å². The first kappa shape index (κ1) is 30.7. The quantitative estimate of drug-likeness (QED) is 0.149. The van der Waals surface area contributed by atoms with E-state index in [0.717, 1.165) is 31.7 Å². The molecule has 234 valence electrons. The standard InChI is InChI=1S/C38H50F2O3/c1-22-13-15-34(3)17-18-36(5)27(31(34)23(22)2)11-12-29-35(4)21-25(19-24-9-10-26(39)20-28(24)40)32(41)38(7,33(42)43-8)30(35)14-16-37(29,36)6/h9-11,19-20,22-23,29-31H,12-18,21H2,1-8H3/b25-19+/t22-,23+,29-,30-,31+,34-,35-,36-,37-,38-/m1/s1. The number of fused-ring (bicyclic) bond motifs is 7. The maximum atomic E-state index is 14.9. The van der Waals surface area contributed by atoms with Crippen molar-refractivity contribution in [3.8, 4) is 0 Å². The molecule has 5 aliphatic rings. The Balaban J connectivity index is 1.49. The lowest BCUT2D eigenvalue weighted by Crippen LogP contribution is -2.66. The lowest BCUT2D eigenvalue weighted by atomic mass is 9.33. The second kappa shape index (κ2) is 9.85. The highest BCUT2D eigenvalue weighted by molar-refractivity contribution is 6.15. The lowest BCUT2D eigenvalue weighted by Gasteiger charge is -2.71. The van der Waals surface area contributed by atoms with E-state index in [4.69, 9.17) is 4.74 Å². The Kier molecular flexibility index (Phi) is 7.03. The van der Waals surface area contributed by atoms with Crippen molar-refractivity contribution in [2.24, 2.45) is 56.7 Å². The third-order valence-corrected chi connectivity index (χ3v) is 14.6. The average Bonchev–Trinajstić information content (AvgIpc) is 2.95. The molecule has 0 aromatic heterocycles. The summed E-state index contributed by atoms with van der Waals surface area (Å²) in [6.07, 6.45) is 12.3. The highest BCUT2D eigenvalue weighted by atomic mass is 19.1. The summed E-state index contributed by atoms with van der Waals surface area (Å²) >= 11 is 0. The molecule has 0 unspecified atom stereocenters. The van der Waals surface area contributed by atoms with Crippen molar-refractivity contribution in [1.82, 2.24) is 0 Å². The second-order valence-corrected chi connectivity index (χ2v) is 16.3. The Bertz CT molecular complexity index is 1430. The van der Waals surface area contributed by atoms with Crippen molar-refractivity contribution in [1.29, 1.82) is 0 Å². The van der Waals surface area contributed by atoms with Crippen LogP contribution in [-0.4, -0.2) is 18.9 Å². The van der Waals surface area contributed by atoms with E-state index in [-0.39, 0.29) is 39.4 Å². The van der Waals surface area contributed by atoms with Gasteiger partial charge < -0.3 is 4.74 Å². The smallest absolute Gasteiger partial charge is 0.319 e. The first-order valence-corrected chi connectivity index (χ1v) is 16.6. The zero-order chi connectivity index (χ0) is 31.3. The number of rotatable bonds is 2. The van der Waals surface area contributed by atoms with Crippen molar-refractivity contribution in [2.75, 3.05) is 7.11 Å². The van der Waals surface area contributed by atoms with E-state index in [1.807, 2.05) is 0 Å². The van der Waals surface area contributed by atoms with Crippen molar-refractivity contribution >= 4 is 17.8 Å². The van der Waals surface area contributed by atoms with Crippen LogP contribution in [0.4, 0.5) is 8.78 Å². The van der Waals surface area contributed by atoms with E-state index >= 15 is 0 Å². The SMILES string of the molecule is COC(=O)[C@@]1(C)C(=O)/C(=C/c2ccc(F)cc2F)C[C@]2(C)[C@H]3CC=C4[C@@H]5[C@@H](C)[C@H](C)CC[C@]5(C)CC[C@@]4(C)[C@]3(C)CC[C@@H]12. The van der Waals surface area contributed by atoms with Gasteiger partial charge in [-0.25, -0.2) is 8.78 Å². The molecule has 0 amide bonds. The molecular formula is C38H50F2O3. The number of ketones is 1. The van der Waals surface area contributed by atoms with E-state index < -0.39 is 23.0 Å². The molecule has 0 N–H and O–H groups in total. The maximum absolute atomic E-state index is 14.9. The van der Waals surface area contributed by atoms with Crippen LogP contribution >= 0.6 is 0 Å². The minimum Gasteiger partial charge on any atom is -0.468 e. The molecule has 4 saturated carbocycles. The van der Waals surface area contributed by atoms with Crippen molar-refractivity contribution < 1.29 is 23.1 Å². The third kappa shape index (κ3) is 4.00. The topological polar surface area (TPSA) is 43.4 Å². The predicted octanol–water partition coefficient (Wildman–Crippen LogP) is 9.36. The molecule has 0 aliphatic heterocycles. The Morgan fingerprint density at radius 1 is 0.977 bits per heavy atom. The number of esters is 1. The van der Waals surface area contributed by atoms with Crippen LogP contribution in [0.3, 0.4) is 0 Å². The molecule has 1 aromatic rings. The van der Waals surface area contributed by atoms with E-state index in [1.54, 1.807) is 18.6 Å². The summed E-state index contributed by atoms with van der Waals surface area (Å²) in [4.78, 5) is 27.8. The summed E-state index contributed by atoms with van der Waals surface area (Å²) in [6, 6.07) is 3.43. The first-order valence-electron chi connectivity index (χ1n) is 16.6. The molecule has 43 heavy (non-hydrogen) atoms. The fourth-order valence-electron chi connectivity index (χ4n) is 11.8. The maximum Gasteiger partial charge on any atom is 0.319 e. The third-order valence-electron chi connectivity index (χ3n) is 14.6. The summed E-state index contributed by atoms with van der Waals surface area (Å²) in [5, 5.41) is 0. The number of methoxy groups -OCH3 is 1. The molecule has 0 spiro atoms. The number of hydrogen-bond donors (Lipinski definition) is 0. The molecule has 0 heterocycles. The van der Waals surface area contributed by atoms with E-state index in [1.165, 1.54) is 38.5 Å². The summed E-state index contributed by atoms with van der Waals surface area (Å²) in [6.45, 7) is 16.5. The average molecular weight is 593 g/mol. The van der Waals surface area contributed by atoms with Gasteiger partial charge in [-0.2, -0.15) is 0 Å². The fraction of sp³-hybridized carbons (Fsp3) is 0.684. The van der Waals surface area contributed by atoms with Gasteiger partial charge in [-0.3, -0.25) is 9.59 Å². The van der Waals surface area contributed by atoms with Gasteiger partial charge in [0.2, 0.25) is 0 Å². The fourth-order valence-corrected chi connectivity index (χ4v) is 11.8. The second-order valence-electron chi connectivity index (χ2n) is 16.3. The van der Waals surface area contributed by atoms with Crippen LogP contribution in [0.15, 0.2) is 35.4 Å². The Labute approximate surface area is 256 Å². The summed E-state index contributed by atoms with van der Waals surface area (Å²) in [5.74, 6) is -0.168. The van der Waals surface area contributed by atoms with Gasteiger partial charge in [-0.05, 0) is 133 Å². The van der Waals surface area contributed by atoms with E-state index in [0.29, 0.717) is 35.2 Å². The minimum absolute atomic E-state index is 0.00623. The Hall–Kier alpha value is -2.30. The normalized spacial score (nSPS) is 46.7. The highest BCUT2D eigenvalue weighted by Crippen LogP contribution is 2.75. The largest absolute Gasteiger partial charge is 0.468 e. The van der Waals surface area contributed by atoms with Crippen LogP contribution in [0.25, 0.3) is 6.08 Å². The Morgan fingerprint density at radius 3 is 2.37 bits per heavy atom. The zero-order valence-electron chi connectivity index (χ0n) is 27.4. The van der Waals surface area contributed by atoms with Crippen molar-refractivity contribution in [3.63, 3.8) is 0 Å². The van der Waals surface area contributed by atoms with Crippen LogP contribution in [0.1, 0.15) is 105 Å². The highest BCUT2D eigenvalue weighted by Gasteiger charge is 2.70. The van der Waals surface area contributed by atoms with Gasteiger partial charge in [0.05, 0.1) is 7.11 Å². The number of ether oxygens (including phenoxy) is 1. The summed E-state index contributed by atoms with van der Waals surface area (Å²) < 4.78 is 33.9. The predicted molar refractivity (Wildman–Crippen MR) is 166 cm³/mol. The van der Waals surface area contributed by atoms with E-state index in [2.05, 4.69) is 47.6 Å². The number of Topliss-reactive ketones (excluding diaryl/α,β-unsaturated/α-hetero) is 1. The Morgan fingerprint density at radius 2 is 1.70 bits per heavy atom. The molecule has 6 rings (SSSR count). The molecule has 3 nitrogen and oxygen atoms in total. The number of hydrogen-bond acceptors (Lipinski definition) is 3. The number of halogens is 2. The molecule has 4 fully saturated rings. The van der Waals surface area contributed by atoms with Gasteiger partial charge in [0.15, 0.2) is 5.78 Å². The monoisotopic (exact) mass is 592 g/mol. The van der Waals surface area contributed by atoms with Crippen LogP contribution in [0.2, 0.25) is 0 Å². The molecule has 0 saturated heterocycles. The van der Waals surface area contributed by atoms with Crippen molar-refractivity contribution in [3.05, 3.63) is 52.6 Å². The summed E-state index contributed by atoms with van der Waals surface area (Å²) in [5.41, 5.74) is 0.904. The molecule has 10 atom stereocenters. The zero-order valence-corrected chi connectivity index (χ0v) is 27.4. The van der Waals surface area contributed by atoms with Crippen molar-refractivity contribution in [2.45, 2.75) is 99.8 Å². The number of carbonyl (C=O) groups excluding carboxylic acids is 2.